The number of fused-ring (bicyclic) bond motifs is 1. The first kappa shape index (κ1) is 19.1. The maximum Gasteiger partial charge on any atom is 0.249 e. The molecule has 0 aliphatic carbocycles. The van der Waals surface area contributed by atoms with Crippen molar-refractivity contribution in [3.05, 3.63) is 82.6 Å². The Kier molecular flexibility index (Phi) is 4.84. The molecular formula is C22H21N3O3S. The fourth-order valence-electron chi connectivity index (χ4n) is 3.48. The van der Waals surface area contributed by atoms with Gasteiger partial charge in [-0.1, -0.05) is 48.0 Å². The monoisotopic (exact) mass is 407 g/mol. The minimum absolute atomic E-state index is 0.108. The van der Waals surface area contributed by atoms with Crippen molar-refractivity contribution in [3.8, 4) is 5.69 Å². The van der Waals surface area contributed by atoms with E-state index in [1.807, 2.05) is 62.4 Å². The van der Waals surface area contributed by atoms with Crippen molar-refractivity contribution in [1.29, 1.82) is 0 Å². The molecule has 1 amide bonds. The molecule has 2 aromatic carbocycles. The number of hydrogen-bond acceptors (Lipinski definition) is 4. The third kappa shape index (κ3) is 4.00. The molecule has 0 unspecified atom stereocenters. The van der Waals surface area contributed by atoms with Crippen molar-refractivity contribution < 1.29 is 13.2 Å². The minimum Gasteiger partial charge on any atom is -0.307 e. The normalized spacial score (nSPS) is 14.8. The molecule has 0 radical (unpaired) electrons. The number of nitrogens with one attached hydrogen (secondary N) is 1. The van der Waals surface area contributed by atoms with Gasteiger partial charge in [-0.15, -0.1) is 0 Å². The summed E-state index contributed by atoms with van der Waals surface area (Å²) < 4.78 is 25.8. The van der Waals surface area contributed by atoms with Gasteiger partial charge in [0.2, 0.25) is 5.91 Å². The van der Waals surface area contributed by atoms with Crippen molar-refractivity contribution in [3.63, 3.8) is 0 Å². The third-order valence-corrected chi connectivity index (χ3v) is 6.28. The summed E-state index contributed by atoms with van der Waals surface area (Å²) in [5.74, 6) is -0.156. The van der Waals surface area contributed by atoms with Gasteiger partial charge in [0.25, 0.3) is 0 Å². The number of benzene rings is 2. The number of sulfone groups is 1. The molecule has 6 nitrogen and oxygen atoms in total. The number of nitrogens with zero attached hydrogens (tertiary/aromatic N) is 2. The Morgan fingerprint density at radius 2 is 1.86 bits per heavy atom. The summed E-state index contributed by atoms with van der Waals surface area (Å²) in [6.45, 7) is 3.97. The minimum atomic E-state index is -3.24. The lowest BCUT2D eigenvalue weighted by atomic mass is 10.1. The molecule has 1 aromatic heterocycles. The van der Waals surface area contributed by atoms with Crippen LogP contribution in [0.25, 0.3) is 11.8 Å². The van der Waals surface area contributed by atoms with E-state index in [0.717, 1.165) is 22.4 Å². The quantitative estimate of drug-likeness (QED) is 0.671. The van der Waals surface area contributed by atoms with Gasteiger partial charge in [0.05, 0.1) is 22.9 Å². The van der Waals surface area contributed by atoms with E-state index >= 15 is 0 Å². The van der Waals surface area contributed by atoms with Crippen LogP contribution in [-0.2, 0) is 26.1 Å². The van der Waals surface area contributed by atoms with Gasteiger partial charge in [-0.05, 0) is 37.1 Å². The number of hydrogen-bond donors (Lipinski definition) is 1. The summed E-state index contributed by atoms with van der Waals surface area (Å²) >= 11 is 0. The Morgan fingerprint density at radius 1 is 1.10 bits per heavy atom. The molecule has 0 saturated carbocycles. The molecule has 4 rings (SSSR count). The van der Waals surface area contributed by atoms with E-state index in [1.165, 1.54) is 6.08 Å². The number of carbonyl (C=O) groups excluding carboxylic acids is 1. The topological polar surface area (TPSA) is 81.1 Å². The summed E-state index contributed by atoms with van der Waals surface area (Å²) in [5.41, 5.74) is 4.87. The molecule has 1 aliphatic rings. The van der Waals surface area contributed by atoms with Crippen molar-refractivity contribution in [2.24, 2.45) is 0 Å². The van der Waals surface area contributed by atoms with E-state index in [9.17, 15) is 13.2 Å². The Labute approximate surface area is 169 Å². The zero-order chi connectivity index (χ0) is 20.6. The van der Waals surface area contributed by atoms with Crippen LogP contribution in [0.4, 0.5) is 5.82 Å². The number of aromatic nitrogens is 2. The summed E-state index contributed by atoms with van der Waals surface area (Å²) in [6, 6.07) is 15.4. The lowest BCUT2D eigenvalue weighted by Crippen LogP contribution is -2.15. The Balaban J connectivity index is 1.71. The molecule has 1 aliphatic heterocycles. The fraction of sp³-hybridized carbons (Fsp3) is 0.182. The van der Waals surface area contributed by atoms with Crippen molar-refractivity contribution in [2.75, 3.05) is 5.32 Å². The summed E-state index contributed by atoms with van der Waals surface area (Å²) in [4.78, 5) is 12.6. The lowest BCUT2D eigenvalue weighted by Gasteiger charge is -2.12. The zero-order valence-electron chi connectivity index (χ0n) is 16.2. The van der Waals surface area contributed by atoms with Crippen LogP contribution in [-0.4, -0.2) is 24.1 Å². The van der Waals surface area contributed by atoms with Crippen molar-refractivity contribution in [2.45, 2.75) is 25.4 Å². The Morgan fingerprint density at radius 3 is 2.59 bits per heavy atom. The predicted octanol–water partition coefficient (Wildman–Crippen LogP) is 3.57. The van der Waals surface area contributed by atoms with Crippen LogP contribution in [0, 0.1) is 13.8 Å². The highest BCUT2D eigenvalue weighted by molar-refractivity contribution is 7.90. The van der Waals surface area contributed by atoms with E-state index in [-0.39, 0.29) is 17.4 Å². The van der Waals surface area contributed by atoms with Gasteiger partial charge in [-0.2, -0.15) is 5.10 Å². The zero-order valence-corrected chi connectivity index (χ0v) is 17.0. The average molecular weight is 407 g/mol. The van der Waals surface area contributed by atoms with E-state index in [0.29, 0.717) is 17.1 Å². The molecule has 1 N–H and O–H groups in total. The van der Waals surface area contributed by atoms with Crippen LogP contribution in [0.5, 0.6) is 0 Å². The third-order valence-electron chi connectivity index (χ3n) is 4.84. The number of rotatable bonds is 4. The molecule has 0 saturated heterocycles. The van der Waals surface area contributed by atoms with Gasteiger partial charge in [0.1, 0.15) is 5.82 Å². The molecular weight excluding hydrogens is 386 g/mol. The van der Waals surface area contributed by atoms with Crippen LogP contribution >= 0.6 is 0 Å². The van der Waals surface area contributed by atoms with Gasteiger partial charge >= 0.3 is 0 Å². The highest BCUT2D eigenvalue weighted by Gasteiger charge is 2.33. The first-order valence-electron chi connectivity index (χ1n) is 9.25. The fourth-order valence-corrected chi connectivity index (χ4v) is 4.98. The highest BCUT2D eigenvalue weighted by atomic mass is 32.2. The number of aryl methyl sites for hydroxylation is 2. The van der Waals surface area contributed by atoms with Crippen LogP contribution in [0.3, 0.4) is 0 Å². The Bertz CT molecular complexity index is 1230. The van der Waals surface area contributed by atoms with E-state index in [2.05, 4.69) is 10.4 Å². The standard InChI is InChI=1S/C22H21N3O3S/c1-15-8-10-20(16(2)12-15)25-22(18-13-29(27,28)14-19(18)24-25)23-21(26)11-9-17-6-4-3-5-7-17/h3-12H,13-14H2,1-2H3,(H,23,26)/b11-9+. The molecule has 0 fully saturated rings. The molecule has 0 bridgehead atoms. The second-order valence-corrected chi connectivity index (χ2v) is 9.31. The molecule has 3 aromatic rings. The number of amides is 1. The average Bonchev–Trinajstić information content (AvgIpc) is 3.13. The molecule has 7 heteroatoms. The van der Waals surface area contributed by atoms with E-state index < -0.39 is 9.84 Å². The largest absolute Gasteiger partial charge is 0.307 e. The van der Waals surface area contributed by atoms with E-state index in [1.54, 1.807) is 10.8 Å². The van der Waals surface area contributed by atoms with E-state index in [4.69, 9.17) is 0 Å². The second-order valence-electron chi connectivity index (χ2n) is 7.24. The molecule has 0 atom stereocenters. The predicted molar refractivity (Wildman–Crippen MR) is 113 cm³/mol. The van der Waals surface area contributed by atoms with Gasteiger partial charge in [-0.25, -0.2) is 13.1 Å². The summed E-state index contributed by atoms with van der Waals surface area (Å²) in [7, 11) is -3.24. The molecule has 148 valence electrons. The SMILES string of the molecule is Cc1ccc(-n2nc3c(c2NC(=O)/C=C/c2ccccc2)CS(=O)(=O)C3)c(C)c1. The van der Waals surface area contributed by atoms with Crippen LogP contribution < -0.4 is 5.32 Å². The second kappa shape index (κ2) is 7.33. The number of anilines is 1. The van der Waals surface area contributed by atoms with Crippen molar-refractivity contribution >= 4 is 27.6 Å². The maximum absolute atomic E-state index is 12.6. The summed E-state index contributed by atoms with van der Waals surface area (Å²) in [6.07, 6.45) is 3.15. The van der Waals surface area contributed by atoms with Crippen LogP contribution in [0.15, 0.2) is 54.6 Å². The first-order chi connectivity index (χ1) is 13.8. The first-order valence-corrected chi connectivity index (χ1v) is 11.1. The van der Waals surface area contributed by atoms with Gasteiger partial charge < -0.3 is 5.32 Å². The van der Waals surface area contributed by atoms with Gasteiger partial charge in [-0.3, -0.25) is 4.79 Å². The van der Waals surface area contributed by atoms with Crippen LogP contribution in [0.1, 0.15) is 27.9 Å². The van der Waals surface area contributed by atoms with Gasteiger partial charge in [0, 0.05) is 11.6 Å². The Hall–Kier alpha value is -3.19. The number of carbonyl (C=O) groups is 1. The van der Waals surface area contributed by atoms with Crippen LogP contribution in [0.2, 0.25) is 0 Å². The molecule has 2 heterocycles. The molecule has 29 heavy (non-hydrogen) atoms. The molecule has 0 spiro atoms. The maximum atomic E-state index is 12.6. The smallest absolute Gasteiger partial charge is 0.249 e. The highest BCUT2D eigenvalue weighted by Crippen LogP contribution is 2.33. The summed E-state index contributed by atoms with van der Waals surface area (Å²) in [5, 5.41) is 7.37. The van der Waals surface area contributed by atoms with Gasteiger partial charge in [0.15, 0.2) is 9.84 Å². The van der Waals surface area contributed by atoms with Crippen molar-refractivity contribution in [1.82, 2.24) is 9.78 Å². The lowest BCUT2D eigenvalue weighted by molar-refractivity contribution is -0.111.